The van der Waals surface area contributed by atoms with E-state index in [1.807, 2.05) is 0 Å². The molecule has 0 saturated carbocycles. The summed E-state index contributed by atoms with van der Waals surface area (Å²) in [6.45, 7) is 0.540. The number of aliphatic hydroxyl groups is 1. The van der Waals surface area contributed by atoms with Crippen molar-refractivity contribution in [3.05, 3.63) is 69.9 Å². The first-order valence-corrected chi connectivity index (χ1v) is 8.74. The van der Waals surface area contributed by atoms with E-state index in [1.165, 1.54) is 18.2 Å². The number of nitrogens with zero attached hydrogens (tertiary/aromatic N) is 2. The number of ether oxygens (including phenoxy) is 1. The summed E-state index contributed by atoms with van der Waals surface area (Å²) >= 11 is 0. The number of aliphatic hydroxyl groups excluding tert-OH is 1. The Morgan fingerprint density at radius 1 is 1.21 bits per heavy atom. The topological polar surface area (TPSA) is 111 Å². The Labute approximate surface area is 164 Å². The molecule has 0 unspecified atom stereocenters. The number of esters is 1. The molecule has 3 rings (SSSR count). The summed E-state index contributed by atoms with van der Waals surface area (Å²) in [6.07, 6.45) is 0. The third kappa shape index (κ3) is 4.46. The molecule has 9 heteroatoms. The van der Waals surface area contributed by atoms with Gasteiger partial charge in [0.2, 0.25) is 0 Å². The Kier molecular flexibility index (Phi) is 5.99. The standard InChI is InChI=1S/C20H18FN3O5/c1-12-6-7-13(10-16(12)21)22-17(26)11-29-20(28)18-14-4-2-3-5-15(14)19(27)24(23-18)8-9-25/h2-7,10,25H,8-9,11H2,1H3,(H,22,26). The van der Waals surface area contributed by atoms with Crippen LogP contribution in [0, 0.1) is 12.7 Å². The SMILES string of the molecule is Cc1ccc(NC(=O)COC(=O)c2nn(CCO)c(=O)c3ccccc23)cc1F. The highest BCUT2D eigenvalue weighted by Crippen LogP contribution is 2.15. The van der Waals surface area contributed by atoms with Crippen molar-refractivity contribution in [1.82, 2.24) is 9.78 Å². The quantitative estimate of drug-likeness (QED) is 0.610. The summed E-state index contributed by atoms with van der Waals surface area (Å²) < 4.78 is 19.5. The Morgan fingerprint density at radius 3 is 2.62 bits per heavy atom. The van der Waals surface area contributed by atoms with Gasteiger partial charge in [0.05, 0.1) is 18.5 Å². The molecular formula is C20H18FN3O5. The number of benzene rings is 2. The number of carbonyl (C=O) groups is 2. The lowest BCUT2D eigenvalue weighted by Gasteiger charge is -2.10. The zero-order chi connectivity index (χ0) is 21.0. The zero-order valence-electron chi connectivity index (χ0n) is 15.5. The summed E-state index contributed by atoms with van der Waals surface area (Å²) in [5, 5.41) is 16.0. The third-order valence-corrected chi connectivity index (χ3v) is 4.16. The number of aryl methyl sites for hydroxylation is 1. The number of aromatic nitrogens is 2. The molecule has 1 aromatic heterocycles. The number of nitrogens with one attached hydrogen (secondary N) is 1. The molecule has 0 radical (unpaired) electrons. The van der Waals surface area contributed by atoms with E-state index in [0.29, 0.717) is 5.56 Å². The summed E-state index contributed by atoms with van der Waals surface area (Å²) in [7, 11) is 0. The van der Waals surface area contributed by atoms with Crippen molar-refractivity contribution in [3.8, 4) is 0 Å². The average molecular weight is 399 g/mol. The van der Waals surface area contributed by atoms with Gasteiger partial charge in [-0.15, -0.1) is 0 Å². The van der Waals surface area contributed by atoms with E-state index in [4.69, 9.17) is 9.84 Å². The molecule has 0 aliphatic carbocycles. The van der Waals surface area contributed by atoms with Gasteiger partial charge >= 0.3 is 5.97 Å². The second-order valence-electron chi connectivity index (χ2n) is 6.23. The van der Waals surface area contributed by atoms with Gasteiger partial charge in [0.1, 0.15) is 5.82 Å². The lowest BCUT2D eigenvalue weighted by Crippen LogP contribution is -2.28. The van der Waals surface area contributed by atoms with Gasteiger partial charge in [0.15, 0.2) is 12.3 Å². The fraction of sp³-hybridized carbons (Fsp3) is 0.200. The molecule has 0 aliphatic heterocycles. The fourth-order valence-corrected chi connectivity index (χ4v) is 2.70. The van der Waals surface area contributed by atoms with Crippen LogP contribution in [0.3, 0.4) is 0 Å². The fourth-order valence-electron chi connectivity index (χ4n) is 2.70. The monoisotopic (exact) mass is 399 g/mol. The van der Waals surface area contributed by atoms with Crippen molar-refractivity contribution in [2.75, 3.05) is 18.5 Å². The predicted octanol–water partition coefficient (Wildman–Crippen LogP) is 1.63. The Hall–Kier alpha value is -3.59. The van der Waals surface area contributed by atoms with Crippen molar-refractivity contribution in [1.29, 1.82) is 0 Å². The summed E-state index contributed by atoms with van der Waals surface area (Å²) in [5.74, 6) is -2.03. The van der Waals surface area contributed by atoms with E-state index in [1.54, 1.807) is 25.1 Å². The normalized spacial score (nSPS) is 10.7. The molecule has 3 aromatic rings. The molecule has 0 saturated heterocycles. The molecule has 0 fully saturated rings. The minimum absolute atomic E-state index is 0.0938. The van der Waals surface area contributed by atoms with Crippen molar-refractivity contribution in [2.45, 2.75) is 13.5 Å². The second kappa shape index (κ2) is 8.61. The molecule has 0 bridgehead atoms. The molecule has 29 heavy (non-hydrogen) atoms. The van der Waals surface area contributed by atoms with Crippen LogP contribution >= 0.6 is 0 Å². The molecule has 0 aliphatic rings. The van der Waals surface area contributed by atoms with E-state index in [2.05, 4.69) is 10.4 Å². The third-order valence-electron chi connectivity index (χ3n) is 4.16. The van der Waals surface area contributed by atoms with Crippen LogP contribution in [-0.2, 0) is 16.1 Å². The first-order chi connectivity index (χ1) is 13.9. The maximum absolute atomic E-state index is 13.6. The predicted molar refractivity (Wildman–Crippen MR) is 103 cm³/mol. The highest BCUT2D eigenvalue weighted by Gasteiger charge is 2.19. The van der Waals surface area contributed by atoms with Crippen molar-refractivity contribution >= 4 is 28.3 Å². The summed E-state index contributed by atoms with van der Waals surface area (Å²) in [4.78, 5) is 36.8. The van der Waals surface area contributed by atoms with E-state index in [9.17, 15) is 18.8 Å². The van der Waals surface area contributed by atoms with Gasteiger partial charge in [-0.1, -0.05) is 24.3 Å². The number of hydrogen-bond acceptors (Lipinski definition) is 6. The van der Waals surface area contributed by atoms with E-state index < -0.39 is 29.9 Å². The van der Waals surface area contributed by atoms with Crippen LogP contribution in [0.5, 0.6) is 0 Å². The van der Waals surface area contributed by atoms with Crippen LogP contribution in [0.2, 0.25) is 0 Å². The van der Waals surface area contributed by atoms with Gasteiger partial charge in [-0.25, -0.2) is 13.9 Å². The van der Waals surface area contributed by atoms with Crippen LogP contribution in [0.25, 0.3) is 10.8 Å². The summed E-state index contributed by atoms with van der Waals surface area (Å²) in [6, 6.07) is 10.5. The van der Waals surface area contributed by atoms with Crippen LogP contribution in [-0.4, -0.2) is 40.0 Å². The first kappa shape index (κ1) is 20.2. The largest absolute Gasteiger partial charge is 0.451 e. The highest BCUT2D eigenvalue weighted by molar-refractivity contribution is 6.03. The highest BCUT2D eigenvalue weighted by atomic mass is 19.1. The van der Waals surface area contributed by atoms with Crippen LogP contribution in [0.1, 0.15) is 16.1 Å². The number of amides is 1. The Balaban J connectivity index is 1.77. The van der Waals surface area contributed by atoms with E-state index in [0.717, 1.165) is 10.7 Å². The molecule has 0 spiro atoms. The van der Waals surface area contributed by atoms with Gasteiger partial charge in [0.25, 0.3) is 11.5 Å². The van der Waals surface area contributed by atoms with Gasteiger partial charge < -0.3 is 15.2 Å². The summed E-state index contributed by atoms with van der Waals surface area (Å²) in [5.41, 5.74) is 0.0628. The van der Waals surface area contributed by atoms with Gasteiger partial charge in [-0.2, -0.15) is 5.10 Å². The minimum Gasteiger partial charge on any atom is -0.451 e. The number of anilines is 1. The molecule has 2 N–H and O–H groups in total. The van der Waals surface area contributed by atoms with E-state index in [-0.39, 0.29) is 35.3 Å². The lowest BCUT2D eigenvalue weighted by molar-refractivity contribution is -0.119. The lowest BCUT2D eigenvalue weighted by atomic mass is 10.1. The molecule has 2 aromatic carbocycles. The number of halogens is 1. The van der Waals surface area contributed by atoms with E-state index >= 15 is 0 Å². The maximum Gasteiger partial charge on any atom is 0.359 e. The van der Waals surface area contributed by atoms with Crippen molar-refractivity contribution in [2.24, 2.45) is 0 Å². The zero-order valence-corrected chi connectivity index (χ0v) is 15.5. The van der Waals surface area contributed by atoms with Crippen molar-refractivity contribution in [3.63, 3.8) is 0 Å². The average Bonchev–Trinajstić information content (AvgIpc) is 2.71. The Bertz CT molecular complexity index is 1140. The number of hydrogen-bond donors (Lipinski definition) is 2. The molecule has 150 valence electrons. The van der Waals surface area contributed by atoms with Crippen molar-refractivity contribution < 1.29 is 23.8 Å². The molecule has 1 amide bonds. The molecule has 8 nitrogen and oxygen atoms in total. The van der Waals surface area contributed by atoms with Gasteiger partial charge in [-0.05, 0) is 30.7 Å². The smallest absolute Gasteiger partial charge is 0.359 e. The Morgan fingerprint density at radius 2 is 1.93 bits per heavy atom. The number of rotatable bonds is 6. The second-order valence-corrected chi connectivity index (χ2v) is 6.23. The molecule has 0 atom stereocenters. The van der Waals surface area contributed by atoms with Crippen LogP contribution < -0.4 is 10.9 Å². The number of fused-ring (bicyclic) bond motifs is 1. The van der Waals surface area contributed by atoms with Gasteiger partial charge in [0, 0.05) is 11.1 Å². The molecule has 1 heterocycles. The number of carbonyl (C=O) groups excluding carboxylic acids is 2. The van der Waals surface area contributed by atoms with Crippen LogP contribution in [0.15, 0.2) is 47.3 Å². The molecular weight excluding hydrogens is 381 g/mol. The first-order valence-electron chi connectivity index (χ1n) is 8.74. The minimum atomic E-state index is -0.905. The maximum atomic E-state index is 13.6. The van der Waals surface area contributed by atoms with Gasteiger partial charge in [-0.3, -0.25) is 9.59 Å². The van der Waals surface area contributed by atoms with Crippen LogP contribution in [0.4, 0.5) is 10.1 Å².